The highest BCUT2D eigenvalue weighted by Gasteiger charge is 1.94. The van der Waals surface area contributed by atoms with Gasteiger partial charge in [-0.1, -0.05) is 45.2 Å². The first kappa shape index (κ1) is 12.6. The van der Waals surface area contributed by atoms with E-state index in [1.165, 1.54) is 41.9 Å². The zero-order valence-corrected chi connectivity index (χ0v) is 10.8. The summed E-state index contributed by atoms with van der Waals surface area (Å²) in [6, 6.07) is 9.00. The van der Waals surface area contributed by atoms with Gasteiger partial charge in [0.05, 0.1) is 0 Å². The van der Waals surface area contributed by atoms with Gasteiger partial charge in [0.15, 0.2) is 0 Å². The lowest BCUT2D eigenvalue weighted by Gasteiger charge is -2.02. The molecular weight excluding hydrogens is 200 g/mol. The van der Waals surface area contributed by atoms with E-state index < -0.39 is 0 Å². The number of hydrogen-bond acceptors (Lipinski definition) is 1. The molecule has 15 heavy (non-hydrogen) atoms. The van der Waals surface area contributed by atoms with Crippen molar-refractivity contribution in [1.82, 2.24) is 0 Å². The van der Waals surface area contributed by atoms with Crippen LogP contribution < -0.4 is 0 Å². The molecule has 0 radical (unpaired) electrons. The van der Waals surface area contributed by atoms with E-state index in [2.05, 4.69) is 38.1 Å². The highest BCUT2D eigenvalue weighted by molar-refractivity contribution is 7.99. The van der Waals surface area contributed by atoms with Crippen LogP contribution in [0.1, 0.15) is 45.1 Å². The van der Waals surface area contributed by atoms with E-state index in [1.807, 2.05) is 11.8 Å². The molecule has 0 saturated carbocycles. The van der Waals surface area contributed by atoms with Gasteiger partial charge >= 0.3 is 0 Å². The molecule has 0 fully saturated rings. The molecule has 1 rings (SSSR count). The Morgan fingerprint density at radius 2 is 1.67 bits per heavy atom. The Balaban J connectivity index is 2.20. The van der Waals surface area contributed by atoms with Crippen LogP contribution in [0, 0.1) is 0 Å². The summed E-state index contributed by atoms with van der Waals surface area (Å²) < 4.78 is 0. The molecule has 0 nitrogen and oxygen atoms in total. The maximum atomic E-state index is 2.26. The average Bonchev–Trinajstić information content (AvgIpc) is 2.30. The minimum atomic E-state index is 1.14. The molecule has 0 unspecified atom stereocenters. The molecule has 84 valence electrons. The second kappa shape index (κ2) is 7.81. The lowest BCUT2D eigenvalue weighted by molar-refractivity contribution is 0.706. The maximum absolute atomic E-state index is 2.26. The lowest BCUT2D eigenvalue weighted by atomic mass is 10.2. The zero-order valence-electron chi connectivity index (χ0n) is 9.96. The monoisotopic (exact) mass is 222 g/mol. The van der Waals surface area contributed by atoms with Crippen molar-refractivity contribution in [2.24, 2.45) is 0 Å². The van der Waals surface area contributed by atoms with Crippen LogP contribution in [0.25, 0.3) is 0 Å². The summed E-state index contributed by atoms with van der Waals surface area (Å²) in [5.74, 6) is 1.27. The molecule has 0 aliphatic rings. The van der Waals surface area contributed by atoms with Gasteiger partial charge in [-0.15, -0.1) is 11.8 Å². The molecule has 0 aliphatic heterocycles. The van der Waals surface area contributed by atoms with E-state index in [-0.39, 0.29) is 0 Å². The topological polar surface area (TPSA) is 0 Å². The third-order valence-corrected chi connectivity index (χ3v) is 3.70. The Labute approximate surface area is 98.5 Å². The van der Waals surface area contributed by atoms with Crippen LogP contribution in [0.15, 0.2) is 29.2 Å². The predicted molar refractivity (Wildman–Crippen MR) is 70.7 cm³/mol. The lowest BCUT2D eigenvalue weighted by Crippen LogP contribution is -1.82. The fraction of sp³-hybridized carbons (Fsp3) is 0.571. The van der Waals surface area contributed by atoms with Crippen molar-refractivity contribution in [2.45, 2.75) is 50.8 Å². The quantitative estimate of drug-likeness (QED) is 0.466. The van der Waals surface area contributed by atoms with E-state index in [4.69, 9.17) is 0 Å². The predicted octanol–water partition coefficient (Wildman–Crippen LogP) is 4.92. The van der Waals surface area contributed by atoms with Crippen LogP contribution in [0.4, 0.5) is 0 Å². The van der Waals surface area contributed by atoms with Gasteiger partial charge in [-0.2, -0.15) is 0 Å². The Kier molecular flexibility index (Phi) is 6.58. The summed E-state index contributed by atoms with van der Waals surface area (Å²) in [5, 5.41) is 0. The van der Waals surface area contributed by atoms with Gasteiger partial charge < -0.3 is 0 Å². The van der Waals surface area contributed by atoms with E-state index in [1.54, 1.807) is 0 Å². The normalized spacial score (nSPS) is 10.5. The first-order chi connectivity index (χ1) is 7.36. The van der Waals surface area contributed by atoms with Gasteiger partial charge in [-0.05, 0) is 36.3 Å². The highest BCUT2D eigenvalue weighted by Crippen LogP contribution is 2.20. The molecule has 1 aromatic rings. The van der Waals surface area contributed by atoms with Crippen molar-refractivity contribution in [3.63, 3.8) is 0 Å². The first-order valence-corrected chi connectivity index (χ1v) is 7.07. The zero-order chi connectivity index (χ0) is 10.9. The summed E-state index contributed by atoms with van der Waals surface area (Å²) in [5.41, 5.74) is 1.44. The van der Waals surface area contributed by atoms with Crippen LogP contribution in [-0.2, 0) is 6.42 Å². The van der Waals surface area contributed by atoms with Crippen LogP contribution in [0.5, 0.6) is 0 Å². The standard InChI is InChI=1S/C14H22S/c1-3-5-6-7-12-15-14-10-8-13(4-2)9-11-14/h8-11H,3-7,12H2,1-2H3. The highest BCUT2D eigenvalue weighted by atomic mass is 32.2. The number of benzene rings is 1. The SMILES string of the molecule is CCCCCCSc1ccc(CC)cc1. The molecule has 0 amide bonds. The molecule has 0 atom stereocenters. The minimum Gasteiger partial charge on any atom is -0.126 e. The summed E-state index contributed by atoms with van der Waals surface area (Å²) in [7, 11) is 0. The molecule has 0 heterocycles. The van der Waals surface area contributed by atoms with E-state index in [0.29, 0.717) is 0 Å². The Morgan fingerprint density at radius 3 is 2.27 bits per heavy atom. The van der Waals surface area contributed by atoms with Crippen LogP contribution >= 0.6 is 11.8 Å². The van der Waals surface area contributed by atoms with Gasteiger partial charge in [-0.25, -0.2) is 0 Å². The largest absolute Gasteiger partial charge is 0.126 e. The summed E-state index contributed by atoms with van der Waals surface area (Å²) >= 11 is 1.99. The van der Waals surface area contributed by atoms with Crippen molar-refractivity contribution in [3.8, 4) is 0 Å². The second-order valence-corrected chi connectivity index (χ2v) is 5.07. The fourth-order valence-corrected chi connectivity index (χ4v) is 2.45. The molecule has 0 spiro atoms. The van der Waals surface area contributed by atoms with Gasteiger partial charge in [-0.3, -0.25) is 0 Å². The van der Waals surface area contributed by atoms with Crippen molar-refractivity contribution in [2.75, 3.05) is 5.75 Å². The molecular formula is C14H22S. The number of aryl methyl sites for hydroxylation is 1. The van der Waals surface area contributed by atoms with Gasteiger partial charge in [0, 0.05) is 4.90 Å². The van der Waals surface area contributed by atoms with E-state index >= 15 is 0 Å². The second-order valence-electron chi connectivity index (χ2n) is 3.91. The fourth-order valence-electron chi connectivity index (χ4n) is 1.54. The van der Waals surface area contributed by atoms with Gasteiger partial charge in [0.25, 0.3) is 0 Å². The third kappa shape index (κ3) is 5.27. The van der Waals surface area contributed by atoms with Gasteiger partial charge in [0.1, 0.15) is 0 Å². The summed E-state index contributed by atoms with van der Waals surface area (Å²) in [6.07, 6.45) is 6.59. The van der Waals surface area contributed by atoms with Crippen LogP contribution in [-0.4, -0.2) is 5.75 Å². The molecule has 0 aromatic heterocycles. The Bertz CT molecular complexity index is 251. The maximum Gasteiger partial charge on any atom is 0.00721 e. The number of rotatable bonds is 7. The number of unbranched alkanes of at least 4 members (excludes halogenated alkanes) is 3. The van der Waals surface area contributed by atoms with Crippen molar-refractivity contribution >= 4 is 11.8 Å². The van der Waals surface area contributed by atoms with E-state index in [9.17, 15) is 0 Å². The van der Waals surface area contributed by atoms with Crippen LogP contribution in [0.2, 0.25) is 0 Å². The average molecular weight is 222 g/mol. The Hall–Kier alpha value is -0.430. The molecule has 0 aliphatic carbocycles. The van der Waals surface area contributed by atoms with Crippen molar-refractivity contribution < 1.29 is 0 Å². The van der Waals surface area contributed by atoms with Gasteiger partial charge in [0.2, 0.25) is 0 Å². The molecule has 0 bridgehead atoms. The Morgan fingerprint density at radius 1 is 0.933 bits per heavy atom. The van der Waals surface area contributed by atoms with E-state index in [0.717, 1.165) is 6.42 Å². The molecule has 0 N–H and O–H groups in total. The minimum absolute atomic E-state index is 1.14. The van der Waals surface area contributed by atoms with Crippen LogP contribution in [0.3, 0.4) is 0 Å². The molecule has 1 aromatic carbocycles. The third-order valence-electron chi connectivity index (χ3n) is 2.60. The molecule has 1 heteroatoms. The first-order valence-electron chi connectivity index (χ1n) is 6.08. The summed E-state index contributed by atoms with van der Waals surface area (Å²) in [4.78, 5) is 1.42. The van der Waals surface area contributed by atoms with Crippen molar-refractivity contribution in [3.05, 3.63) is 29.8 Å². The number of thioether (sulfide) groups is 1. The smallest absolute Gasteiger partial charge is 0.00721 e. The van der Waals surface area contributed by atoms with Crippen molar-refractivity contribution in [1.29, 1.82) is 0 Å². The number of hydrogen-bond donors (Lipinski definition) is 0. The summed E-state index contributed by atoms with van der Waals surface area (Å²) in [6.45, 7) is 4.46. The molecule has 0 saturated heterocycles.